The van der Waals surface area contributed by atoms with E-state index in [1.165, 1.54) is 16.2 Å². The fourth-order valence-corrected chi connectivity index (χ4v) is 1.82. The largest absolute Gasteiger partial charge is 0.465 e. The molecule has 5 nitrogen and oxygen atoms in total. The molecule has 0 aliphatic rings. The van der Waals surface area contributed by atoms with E-state index in [4.69, 9.17) is 4.74 Å². The first-order chi connectivity index (χ1) is 8.63. The van der Waals surface area contributed by atoms with Crippen molar-refractivity contribution < 1.29 is 14.4 Å². The monoisotopic (exact) mass is 270 g/mol. The minimum Gasteiger partial charge on any atom is -0.465 e. The summed E-state index contributed by atoms with van der Waals surface area (Å²) in [5, 5.41) is 4.55. The zero-order valence-electron chi connectivity index (χ0n) is 11.0. The fourth-order valence-electron chi connectivity index (χ4n) is 1.21. The molecular weight excluding hydrogens is 250 g/mol. The van der Waals surface area contributed by atoms with Crippen molar-refractivity contribution >= 4 is 23.3 Å². The summed E-state index contributed by atoms with van der Waals surface area (Å²) in [5.74, 6) is -0.172. The molecule has 2 N–H and O–H groups in total. The summed E-state index contributed by atoms with van der Waals surface area (Å²) in [6.45, 7) is 3.87. The Morgan fingerprint density at radius 2 is 2.33 bits per heavy atom. The van der Waals surface area contributed by atoms with Crippen LogP contribution in [0.5, 0.6) is 0 Å². The number of rotatable bonds is 5. The minimum absolute atomic E-state index is 0.172. The lowest BCUT2D eigenvalue weighted by molar-refractivity contribution is -0.856. The third-order valence-electron chi connectivity index (χ3n) is 2.11. The molecule has 0 aliphatic heterocycles. The van der Waals surface area contributed by atoms with Gasteiger partial charge in [-0.05, 0) is 18.4 Å². The van der Waals surface area contributed by atoms with Gasteiger partial charge in [-0.1, -0.05) is 6.07 Å². The van der Waals surface area contributed by atoms with Gasteiger partial charge in [-0.15, -0.1) is 11.3 Å². The number of likely N-dealkylation sites (N-methyl/N-ethyl adjacent to an activating group) is 1. The average molecular weight is 270 g/mol. The summed E-state index contributed by atoms with van der Waals surface area (Å²) in [5.41, 5.74) is 0. The molecule has 0 spiro atoms. The molecule has 0 aromatic carbocycles. The fraction of sp³-hybridized carbons (Fsp3) is 0.500. The number of nitrogens with one attached hydrogen (secondary N) is 2. The Kier molecular flexibility index (Phi) is 6.38. The summed E-state index contributed by atoms with van der Waals surface area (Å²) < 4.78 is 5.31. The number of carbonyl (C=O) groups is 1. The van der Waals surface area contributed by atoms with E-state index in [0.29, 0.717) is 24.1 Å². The first-order valence-corrected chi connectivity index (χ1v) is 6.82. The average Bonchev–Trinajstić information content (AvgIpc) is 2.82. The highest BCUT2D eigenvalue weighted by Crippen LogP contribution is 2.07. The van der Waals surface area contributed by atoms with E-state index in [1.807, 2.05) is 18.4 Å². The molecule has 0 saturated heterocycles. The minimum atomic E-state index is -0.172. The predicted molar refractivity (Wildman–Crippen MR) is 73.4 cm³/mol. The predicted octanol–water partition coefficient (Wildman–Crippen LogP) is 0.0149. The van der Waals surface area contributed by atoms with E-state index in [9.17, 15) is 4.79 Å². The lowest BCUT2D eigenvalue weighted by Crippen LogP contribution is -3.06. The lowest BCUT2D eigenvalue weighted by atomic mass is 10.4. The van der Waals surface area contributed by atoms with Gasteiger partial charge in [-0.2, -0.15) is 0 Å². The number of ether oxygens (including phenoxy) is 1. The molecule has 0 unspecified atom stereocenters. The van der Waals surface area contributed by atoms with Crippen molar-refractivity contribution in [3.05, 3.63) is 22.4 Å². The normalized spacial score (nSPS) is 11.7. The molecule has 1 rings (SSSR count). The third-order valence-corrected chi connectivity index (χ3v) is 2.98. The molecule has 1 aromatic rings. The summed E-state index contributed by atoms with van der Waals surface area (Å²) in [7, 11) is 4.11. The van der Waals surface area contributed by atoms with Crippen LogP contribution >= 0.6 is 11.3 Å². The number of hydrogen-bond acceptors (Lipinski definition) is 4. The van der Waals surface area contributed by atoms with Crippen molar-refractivity contribution in [1.29, 1.82) is 0 Å². The zero-order chi connectivity index (χ0) is 13.4. The number of amides is 1. The van der Waals surface area contributed by atoms with Crippen molar-refractivity contribution in [2.75, 3.05) is 33.8 Å². The summed E-state index contributed by atoms with van der Waals surface area (Å²) in [6.07, 6.45) is 0. The maximum atomic E-state index is 11.8. The van der Waals surface area contributed by atoms with Crippen molar-refractivity contribution in [2.24, 2.45) is 4.99 Å². The zero-order valence-corrected chi connectivity index (χ0v) is 11.8. The topological polar surface area (TPSA) is 55.1 Å². The first kappa shape index (κ1) is 14.7. The molecule has 0 atom stereocenters. The number of aliphatic imine (C=N–C) groups is 1. The van der Waals surface area contributed by atoms with Crippen LogP contribution in [0.4, 0.5) is 0 Å². The molecule has 0 fully saturated rings. The molecule has 1 amide bonds. The highest BCUT2D eigenvalue weighted by atomic mass is 32.1. The Balaban J connectivity index is 2.54. The van der Waals surface area contributed by atoms with Crippen LogP contribution in [0.25, 0.3) is 0 Å². The van der Waals surface area contributed by atoms with Gasteiger partial charge < -0.3 is 9.64 Å². The Labute approximate surface area is 111 Å². The van der Waals surface area contributed by atoms with E-state index in [1.54, 1.807) is 6.07 Å². The molecule has 1 aromatic heterocycles. The van der Waals surface area contributed by atoms with Gasteiger partial charge in [0.1, 0.15) is 0 Å². The molecule has 1 heterocycles. The van der Waals surface area contributed by atoms with Crippen molar-refractivity contribution in [1.82, 2.24) is 5.32 Å². The van der Waals surface area contributed by atoms with E-state index >= 15 is 0 Å². The number of thiophene rings is 1. The van der Waals surface area contributed by atoms with Crippen molar-refractivity contribution in [3.63, 3.8) is 0 Å². The van der Waals surface area contributed by atoms with Crippen LogP contribution in [0, 0.1) is 0 Å². The van der Waals surface area contributed by atoms with E-state index in [2.05, 4.69) is 24.4 Å². The van der Waals surface area contributed by atoms with E-state index in [0.717, 1.165) is 6.54 Å². The molecular formula is C12H20N3O2S+. The van der Waals surface area contributed by atoms with E-state index in [-0.39, 0.29) is 5.91 Å². The van der Waals surface area contributed by atoms with E-state index < -0.39 is 0 Å². The highest BCUT2D eigenvalue weighted by Gasteiger charge is 2.10. The van der Waals surface area contributed by atoms with Crippen LogP contribution in [-0.4, -0.2) is 45.7 Å². The number of carbonyl (C=O) groups excluding carboxylic acids is 1. The Bertz CT molecular complexity index is 388. The summed E-state index contributed by atoms with van der Waals surface area (Å²) in [6, 6.07) is 3.91. The highest BCUT2D eigenvalue weighted by molar-refractivity contribution is 7.12. The van der Waals surface area contributed by atoms with Gasteiger partial charge in [-0.25, -0.2) is 4.99 Å². The standard InChI is InChI=1S/C12H19N3O2S/c1-4-17-12(13-7-8-15(2)3)14-11(16)10-6-5-9-18-10/h5-6,9H,4,7-8H2,1-3H3,(H,13,14,16)/p+1. The molecule has 18 heavy (non-hydrogen) atoms. The quantitative estimate of drug-likeness (QED) is 0.585. The van der Waals surface area contributed by atoms with Crippen LogP contribution in [0.15, 0.2) is 22.5 Å². The Morgan fingerprint density at radius 3 is 2.89 bits per heavy atom. The van der Waals surface area contributed by atoms with Gasteiger partial charge in [0.05, 0.1) is 38.7 Å². The smallest absolute Gasteiger partial charge is 0.291 e. The molecule has 0 saturated carbocycles. The lowest BCUT2D eigenvalue weighted by Gasteiger charge is -2.09. The maximum Gasteiger partial charge on any atom is 0.291 e. The van der Waals surface area contributed by atoms with Crippen molar-refractivity contribution in [2.45, 2.75) is 6.92 Å². The summed E-state index contributed by atoms with van der Waals surface area (Å²) >= 11 is 1.39. The van der Waals surface area contributed by atoms with Gasteiger partial charge >= 0.3 is 0 Å². The molecule has 6 heteroatoms. The van der Waals surface area contributed by atoms with Crippen molar-refractivity contribution in [3.8, 4) is 0 Å². The van der Waals surface area contributed by atoms with Gasteiger partial charge in [0.25, 0.3) is 11.9 Å². The molecule has 0 aliphatic carbocycles. The Hall–Kier alpha value is -1.40. The second-order valence-electron chi connectivity index (χ2n) is 4.01. The number of quaternary nitrogens is 1. The second kappa shape index (κ2) is 7.84. The van der Waals surface area contributed by atoms with Crippen LogP contribution in [0.1, 0.15) is 16.6 Å². The van der Waals surface area contributed by atoms with Gasteiger partial charge in [0.15, 0.2) is 0 Å². The maximum absolute atomic E-state index is 11.8. The van der Waals surface area contributed by atoms with Gasteiger partial charge in [0.2, 0.25) is 0 Å². The SMILES string of the molecule is CCOC(=NCC[NH+](C)C)NC(=O)c1cccs1. The van der Waals surface area contributed by atoms with Gasteiger partial charge in [-0.3, -0.25) is 10.1 Å². The van der Waals surface area contributed by atoms with Crippen LogP contribution in [0.2, 0.25) is 0 Å². The number of nitrogens with zero attached hydrogens (tertiary/aromatic N) is 1. The van der Waals surface area contributed by atoms with Gasteiger partial charge in [0, 0.05) is 0 Å². The third kappa shape index (κ3) is 5.29. The first-order valence-electron chi connectivity index (χ1n) is 5.94. The number of hydrogen-bond donors (Lipinski definition) is 2. The van der Waals surface area contributed by atoms with Crippen LogP contribution < -0.4 is 10.2 Å². The molecule has 0 radical (unpaired) electrons. The van der Waals surface area contributed by atoms with Crippen LogP contribution in [0.3, 0.4) is 0 Å². The van der Waals surface area contributed by atoms with Crippen LogP contribution in [-0.2, 0) is 4.74 Å². The second-order valence-corrected chi connectivity index (χ2v) is 4.96. The molecule has 100 valence electrons. The summed E-state index contributed by atoms with van der Waals surface area (Å²) in [4.78, 5) is 18.0. The number of amidine groups is 1. The molecule has 0 bridgehead atoms. The Morgan fingerprint density at radius 1 is 1.56 bits per heavy atom.